The van der Waals surface area contributed by atoms with Crippen LogP contribution >= 0.6 is 12.2 Å². The van der Waals surface area contributed by atoms with Crippen molar-refractivity contribution in [1.82, 2.24) is 10.6 Å². The van der Waals surface area contributed by atoms with Crippen LogP contribution in [0.4, 0.5) is 0 Å². The first-order valence-corrected chi connectivity index (χ1v) is 9.27. The molecule has 0 aliphatic rings. The van der Waals surface area contributed by atoms with E-state index in [2.05, 4.69) is 17.6 Å². The van der Waals surface area contributed by atoms with Crippen molar-refractivity contribution >= 4 is 23.2 Å². The Hall–Kier alpha value is -2.60. The molecule has 1 amide bonds. The van der Waals surface area contributed by atoms with Gasteiger partial charge in [0.05, 0.1) is 14.2 Å². The molecule has 2 rings (SSSR count). The van der Waals surface area contributed by atoms with E-state index in [4.69, 9.17) is 21.7 Å². The van der Waals surface area contributed by atoms with Gasteiger partial charge in [-0.3, -0.25) is 10.1 Å². The average molecular weight is 387 g/mol. The zero-order valence-electron chi connectivity index (χ0n) is 16.2. The van der Waals surface area contributed by atoms with Gasteiger partial charge in [0.2, 0.25) is 0 Å². The van der Waals surface area contributed by atoms with Crippen LogP contribution in [-0.2, 0) is 6.42 Å². The third kappa shape index (κ3) is 5.69. The molecule has 2 N–H and O–H groups in total. The molecule has 1 unspecified atom stereocenters. The average Bonchev–Trinajstić information content (AvgIpc) is 2.68. The Morgan fingerprint density at radius 2 is 1.78 bits per heavy atom. The lowest BCUT2D eigenvalue weighted by atomic mass is 10.0. The summed E-state index contributed by atoms with van der Waals surface area (Å²) in [4.78, 5) is 12.2. The number of rotatable bonds is 7. The lowest BCUT2D eigenvalue weighted by Gasteiger charge is -2.21. The maximum atomic E-state index is 12.2. The van der Waals surface area contributed by atoms with Crippen LogP contribution in [0.15, 0.2) is 42.5 Å². The van der Waals surface area contributed by atoms with Crippen molar-refractivity contribution in [1.29, 1.82) is 0 Å². The van der Waals surface area contributed by atoms with Crippen molar-refractivity contribution in [3.05, 3.63) is 59.2 Å². The molecule has 0 aromatic heterocycles. The summed E-state index contributed by atoms with van der Waals surface area (Å²) in [5.41, 5.74) is 2.61. The van der Waals surface area contributed by atoms with E-state index >= 15 is 0 Å². The molecule has 0 saturated carbocycles. The molecule has 0 aliphatic carbocycles. The highest BCUT2D eigenvalue weighted by Crippen LogP contribution is 2.29. The number of methoxy groups -OCH3 is 2. The molecule has 144 valence electrons. The fourth-order valence-electron chi connectivity index (χ4n) is 2.82. The van der Waals surface area contributed by atoms with E-state index < -0.39 is 0 Å². The van der Waals surface area contributed by atoms with Gasteiger partial charge >= 0.3 is 0 Å². The third-order valence-corrected chi connectivity index (χ3v) is 4.58. The van der Waals surface area contributed by atoms with E-state index in [0.717, 1.165) is 29.0 Å². The minimum atomic E-state index is -0.225. The monoisotopic (exact) mass is 386 g/mol. The van der Waals surface area contributed by atoms with E-state index in [9.17, 15) is 4.79 Å². The van der Waals surface area contributed by atoms with E-state index in [1.54, 1.807) is 26.4 Å². The number of benzene rings is 2. The lowest BCUT2D eigenvalue weighted by Crippen LogP contribution is -2.45. The summed E-state index contributed by atoms with van der Waals surface area (Å²) in [6, 6.07) is 13.0. The van der Waals surface area contributed by atoms with Gasteiger partial charge in [-0.05, 0) is 67.4 Å². The highest BCUT2D eigenvalue weighted by atomic mass is 32.1. The smallest absolute Gasteiger partial charge is 0.257 e. The van der Waals surface area contributed by atoms with Gasteiger partial charge < -0.3 is 14.8 Å². The van der Waals surface area contributed by atoms with Crippen molar-refractivity contribution in [2.24, 2.45) is 0 Å². The number of amides is 1. The second kappa shape index (κ2) is 9.92. The Kier molecular flexibility index (Phi) is 7.61. The predicted octanol–water partition coefficient (Wildman–Crippen LogP) is 3.64. The molecule has 0 bridgehead atoms. The summed E-state index contributed by atoms with van der Waals surface area (Å²) in [7, 11) is 3.31. The largest absolute Gasteiger partial charge is 0.496 e. The third-order valence-electron chi connectivity index (χ3n) is 4.36. The van der Waals surface area contributed by atoms with Crippen LogP contribution in [0.2, 0.25) is 0 Å². The van der Waals surface area contributed by atoms with Crippen molar-refractivity contribution in [3.8, 4) is 11.5 Å². The molecule has 6 heteroatoms. The standard InChI is InChI=1S/C21H26N2O3S/c1-5-17(12-16-13-18(25-3)14(2)11-19(16)26-4)22-21(27)23-20(24)15-9-7-6-8-10-15/h6-11,13,17H,5,12H2,1-4H3,(H2,22,23,24,27). The van der Waals surface area contributed by atoms with Crippen molar-refractivity contribution in [2.75, 3.05) is 14.2 Å². The first kappa shape index (κ1) is 20.7. The highest BCUT2D eigenvalue weighted by Gasteiger charge is 2.16. The number of carbonyl (C=O) groups is 1. The summed E-state index contributed by atoms with van der Waals surface area (Å²) in [5, 5.41) is 6.27. The van der Waals surface area contributed by atoms with Crippen LogP contribution in [0.3, 0.4) is 0 Å². The van der Waals surface area contributed by atoms with Gasteiger partial charge in [0.25, 0.3) is 5.91 Å². The van der Waals surface area contributed by atoms with E-state index in [1.165, 1.54) is 0 Å². The van der Waals surface area contributed by atoms with Gasteiger partial charge in [-0.2, -0.15) is 0 Å². The lowest BCUT2D eigenvalue weighted by molar-refractivity contribution is 0.0976. The van der Waals surface area contributed by atoms with Gasteiger partial charge in [0.1, 0.15) is 11.5 Å². The SMILES string of the molecule is CCC(Cc1cc(OC)c(C)cc1OC)NC(=S)NC(=O)c1ccccc1. The summed E-state index contributed by atoms with van der Waals surface area (Å²) in [6.45, 7) is 4.05. The quantitative estimate of drug-likeness (QED) is 0.712. The summed E-state index contributed by atoms with van der Waals surface area (Å²) in [6.07, 6.45) is 1.53. The zero-order valence-corrected chi connectivity index (χ0v) is 17.0. The number of hydrogen-bond donors (Lipinski definition) is 2. The normalized spacial score (nSPS) is 11.4. The number of carbonyl (C=O) groups excluding carboxylic acids is 1. The van der Waals surface area contributed by atoms with Crippen molar-refractivity contribution < 1.29 is 14.3 Å². The molecule has 1 atom stereocenters. The maximum absolute atomic E-state index is 12.2. The molecule has 5 nitrogen and oxygen atoms in total. The van der Waals surface area contributed by atoms with Gasteiger partial charge in [0, 0.05) is 11.6 Å². The number of thiocarbonyl (C=S) groups is 1. The van der Waals surface area contributed by atoms with Gasteiger partial charge in [-0.1, -0.05) is 25.1 Å². The second-order valence-electron chi connectivity index (χ2n) is 6.24. The molecule has 0 radical (unpaired) electrons. The van der Waals surface area contributed by atoms with E-state index in [0.29, 0.717) is 17.1 Å². The molecule has 0 saturated heterocycles. The Morgan fingerprint density at radius 3 is 2.37 bits per heavy atom. The molecule has 2 aromatic carbocycles. The Morgan fingerprint density at radius 1 is 1.11 bits per heavy atom. The Balaban J connectivity index is 2.05. The molecular formula is C21H26N2O3S. The van der Waals surface area contributed by atoms with Crippen molar-refractivity contribution in [2.45, 2.75) is 32.7 Å². The van der Waals surface area contributed by atoms with Gasteiger partial charge in [-0.15, -0.1) is 0 Å². The molecule has 2 aromatic rings. The number of hydrogen-bond acceptors (Lipinski definition) is 4. The molecule has 27 heavy (non-hydrogen) atoms. The summed E-state index contributed by atoms with van der Waals surface area (Å²) < 4.78 is 10.9. The summed E-state index contributed by atoms with van der Waals surface area (Å²) >= 11 is 5.32. The molecule has 0 spiro atoms. The minimum absolute atomic E-state index is 0.0508. The molecular weight excluding hydrogens is 360 g/mol. The fourth-order valence-corrected chi connectivity index (χ4v) is 3.08. The van der Waals surface area contributed by atoms with E-state index in [-0.39, 0.29) is 11.9 Å². The molecule has 0 heterocycles. The summed E-state index contributed by atoms with van der Waals surface area (Å²) in [5.74, 6) is 1.41. The first-order chi connectivity index (χ1) is 13.0. The Bertz CT molecular complexity index is 794. The Labute approximate surface area is 166 Å². The van der Waals surface area contributed by atoms with Crippen LogP contribution in [0.1, 0.15) is 34.8 Å². The second-order valence-corrected chi connectivity index (χ2v) is 6.64. The number of ether oxygens (including phenoxy) is 2. The predicted molar refractivity (Wildman–Crippen MR) is 112 cm³/mol. The molecule has 0 aliphatic heterocycles. The van der Waals surface area contributed by atoms with Crippen LogP contribution in [0, 0.1) is 6.92 Å². The fraction of sp³-hybridized carbons (Fsp3) is 0.333. The molecule has 0 fully saturated rings. The van der Waals surface area contributed by atoms with Crippen LogP contribution < -0.4 is 20.1 Å². The maximum Gasteiger partial charge on any atom is 0.257 e. The van der Waals surface area contributed by atoms with Crippen LogP contribution in [0.25, 0.3) is 0 Å². The van der Waals surface area contributed by atoms with Gasteiger partial charge in [-0.25, -0.2) is 0 Å². The zero-order chi connectivity index (χ0) is 19.8. The number of aryl methyl sites for hydroxylation is 1. The first-order valence-electron chi connectivity index (χ1n) is 8.86. The highest BCUT2D eigenvalue weighted by molar-refractivity contribution is 7.80. The topological polar surface area (TPSA) is 59.6 Å². The van der Waals surface area contributed by atoms with E-state index in [1.807, 2.05) is 37.3 Å². The minimum Gasteiger partial charge on any atom is -0.496 e. The van der Waals surface area contributed by atoms with Crippen LogP contribution in [-0.4, -0.2) is 31.3 Å². The number of nitrogens with one attached hydrogen (secondary N) is 2. The van der Waals surface area contributed by atoms with Crippen LogP contribution in [0.5, 0.6) is 11.5 Å². The van der Waals surface area contributed by atoms with Crippen molar-refractivity contribution in [3.63, 3.8) is 0 Å². The van der Waals surface area contributed by atoms with Gasteiger partial charge in [0.15, 0.2) is 5.11 Å².